The lowest BCUT2D eigenvalue weighted by molar-refractivity contribution is -0.153. The maximum absolute atomic E-state index is 15.9. The minimum absolute atomic E-state index is 0.0944. The van der Waals surface area contributed by atoms with Crippen molar-refractivity contribution in [2.75, 3.05) is 0 Å². The number of benzene rings is 4. The molecule has 0 radical (unpaired) electrons. The van der Waals surface area contributed by atoms with Gasteiger partial charge in [-0.1, -0.05) is 117 Å². The lowest BCUT2D eigenvalue weighted by Gasteiger charge is -2.24. The number of amides is 2. The molecule has 0 spiro atoms. The van der Waals surface area contributed by atoms with E-state index in [1.165, 1.54) is 11.6 Å². The quantitative estimate of drug-likeness (QED) is 0.105. The summed E-state index contributed by atoms with van der Waals surface area (Å²) in [4.78, 5) is 52.7. The molecule has 3 aliphatic rings. The molecule has 9 atom stereocenters. The monoisotopic (exact) mass is 760 g/mol. The van der Waals surface area contributed by atoms with Crippen molar-refractivity contribution in [1.82, 2.24) is 10.6 Å². The molecule has 7 rings (SSSR count). The number of carbonyl (C=O) groups excluding carboxylic acids is 3. The SMILES string of the molecule is CC(C)c1ccc([C@@H](NC(=O)C2CC(O)CC2C(=O)OC2CC2c2ccc([C@@H](NC(=O)[C@@H]3CCC[C@@H]3C(=O)O)c3ccccc3)cc2F)c2ccccc2)cc1. The van der Waals surface area contributed by atoms with Gasteiger partial charge in [-0.3, -0.25) is 19.2 Å². The summed E-state index contributed by atoms with van der Waals surface area (Å²) in [7, 11) is 0. The average Bonchev–Trinajstić information content (AvgIpc) is 3.55. The molecule has 2 amide bonds. The third-order valence-corrected chi connectivity index (χ3v) is 11.9. The Labute approximate surface area is 326 Å². The van der Waals surface area contributed by atoms with Crippen LogP contribution in [-0.4, -0.2) is 46.2 Å². The van der Waals surface area contributed by atoms with Crippen molar-refractivity contribution in [3.05, 3.63) is 142 Å². The molecule has 4 aromatic carbocycles. The fraction of sp³-hybridized carbons (Fsp3) is 0.391. The van der Waals surface area contributed by atoms with Crippen molar-refractivity contribution in [2.45, 2.75) is 88.5 Å². The first-order valence-electron chi connectivity index (χ1n) is 19.7. The number of esters is 1. The third-order valence-electron chi connectivity index (χ3n) is 11.9. The number of carboxylic acids is 1. The highest BCUT2D eigenvalue weighted by atomic mass is 19.1. The number of halogens is 1. The Morgan fingerprint density at radius 3 is 1.77 bits per heavy atom. The summed E-state index contributed by atoms with van der Waals surface area (Å²) < 4.78 is 21.8. The molecule has 292 valence electrons. The number of carboxylic acid groups (broad SMARTS) is 1. The molecule has 3 aliphatic carbocycles. The van der Waals surface area contributed by atoms with E-state index in [0.717, 1.165) is 16.7 Å². The number of ether oxygens (including phenoxy) is 1. The van der Waals surface area contributed by atoms with Gasteiger partial charge in [-0.05, 0) is 77.5 Å². The van der Waals surface area contributed by atoms with Crippen LogP contribution in [0.2, 0.25) is 0 Å². The van der Waals surface area contributed by atoms with Crippen molar-refractivity contribution in [3.8, 4) is 0 Å². The molecular formula is C46H49FN2O7. The van der Waals surface area contributed by atoms with E-state index in [-0.39, 0.29) is 30.6 Å². The first kappa shape index (κ1) is 38.9. The van der Waals surface area contributed by atoms with Crippen molar-refractivity contribution in [1.29, 1.82) is 0 Å². The maximum Gasteiger partial charge on any atom is 0.310 e. The van der Waals surface area contributed by atoms with Crippen LogP contribution in [-0.2, 0) is 23.9 Å². The summed E-state index contributed by atoms with van der Waals surface area (Å²) in [5.41, 5.74) is 4.58. The third kappa shape index (κ3) is 8.55. The average molecular weight is 761 g/mol. The molecule has 0 saturated heterocycles. The molecule has 3 fully saturated rings. The number of hydrogen-bond acceptors (Lipinski definition) is 6. The molecule has 10 heteroatoms. The van der Waals surface area contributed by atoms with Gasteiger partial charge in [0.15, 0.2) is 0 Å². The standard InChI is InChI=1S/C46H49FN2O7/c1-26(2)27-16-18-30(19-17-27)41(28-10-5-3-6-11-28)48-44(52)37-23-32(50)24-38(37)46(55)56-40-25-36(40)33-21-20-31(22-39(33)47)42(29-12-7-4-8-13-29)49-43(51)34-14-9-15-35(34)45(53)54/h3-8,10-13,16-22,26,32,34-38,40-42,50H,9,14-15,23-25H2,1-2H3,(H,48,52)(H,49,51)(H,53,54)/t32?,34-,35+,36?,37?,38?,40?,41+,42+/m1/s1. The van der Waals surface area contributed by atoms with Crippen molar-refractivity contribution >= 4 is 23.8 Å². The number of aliphatic hydroxyl groups excluding tert-OH is 1. The molecule has 5 unspecified atom stereocenters. The topological polar surface area (TPSA) is 142 Å². The van der Waals surface area contributed by atoms with Gasteiger partial charge in [0.2, 0.25) is 11.8 Å². The van der Waals surface area contributed by atoms with E-state index in [2.05, 4.69) is 36.6 Å². The van der Waals surface area contributed by atoms with E-state index in [9.17, 15) is 29.4 Å². The molecule has 4 N–H and O–H groups in total. The van der Waals surface area contributed by atoms with Gasteiger partial charge in [0.1, 0.15) is 11.9 Å². The highest BCUT2D eigenvalue weighted by Crippen LogP contribution is 2.46. The molecule has 0 aromatic heterocycles. The summed E-state index contributed by atoms with van der Waals surface area (Å²) >= 11 is 0. The number of aliphatic carboxylic acids is 1. The summed E-state index contributed by atoms with van der Waals surface area (Å²) in [6.45, 7) is 4.24. The van der Waals surface area contributed by atoms with Gasteiger partial charge in [-0.25, -0.2) is 4.39 Å². The van der Waals surface area contributed by atoms with Crippen LogP contribution in [0.15, 0.2) is 103 Å². The Morgan fingerprint density at radius 1 is 0.661 bits per heavy atom. The Hall–Kier alpha value is -5.35. The number of aliphatic hydroxyl groups is 1. The van der Waals surface area contributed by atoms with E-state index in [1.807, 2.05) is 72.8 Å². The van der Waals surface area contributed by atoms with Crippen LogP contribution in [0.3, 0.4) is 0 Å². The highest BCUT2D eigenvalue weighted by Gasteiger charge is 2.49. The molecule has 0 aliphatic heterocycles. The second kappa shape index (κ2) is 16.8. The predicted molar refractivity (Wildman–Crippen MR) is 208 cm³/mol. The normalized spacial score (nSPS) is 25.3. The van der Waals surface area contributed by atoms with Crippen LogP contribution in [0.25, 0.3) is 0 Å². The van der Waals surface area contributed by atoms with Gasteiger partial charge in [0.05, 0.1) is 41.9 Å². The Bertz CT molecular complexity index is 2040. The van der Waals surface area contributed by atoms with Crippen molar-refractivity contribution < 1.29 is 38.5 Å². The van der Waals surface area contributed by atoms with Gasteiger partial charge in [0.25, 0.3) is 0 Å². The van der Waals surface area contributed by atoms with Gasteiger partial charge in [0, 0.05) is 5.92 Å². The number of hydrogen-bond donors (Lipinski definition) is 4. The molecule has 0 heterocycles. The predicted octanol–water partition coefficient (Wildman–Crippen LogP) is 7.35. The zero-order valence-corrected chi connectivity index (χ0v) is 31.6. The Balaban J connectivity index is 1.02. The van der Waals surface area contributed by atoms with Crippen LogP contribution < -0.4 is 10.6 Å². The lowest BCUT2D eigenvalue weighted by Crippen LogP contribution is -2.38. The minimum Gasteiger partial charge on any atom is -0.481 e. The summed E-state index contributed by atoms with van der Waals surface area (Å²) in [6.07, 6.45) is 0.777. The molecular weight excluding hydrogens is 712 g/mol. The van der Waals surface area contributed by atoms with E-state index < -0.39 is 65.7 Å². The fourth-order valence-corrected chi connectivity index (χ4v) is 8.60. The number of carbonyl (C=O) groups is 4. The molecule has 9 nitrogen and oxygen atoms in total. The molecule has 3 saturated carbocycles. The van der Waals surface area contributed by atoms with E-state index >= 15 is 4.39 Å². The summed E-state index contributed by atoms with van der Waals surface area (Å²) in [5, 5.41) is 26.5. The number of rotatable bonds is 13. The van der Waals surface area contributed by atoms with Crippen molar-refractivity contribution in [3.63, 3.8) is 0 Å². The second-order valence-corrected chi connectivity index (χ2v) is 15.9. The number of nitrogens with one attached hydrogen (secondary N) is 2. The van der Waals surface area contributed by atoms with Gasteiger partial charge < -0.3 is 25.6 Å². The van der Waals surface area contributed by atoms with Gasteiger partial charge in [-0.2, -0.15) is 0 Å². The lowest BCUT2D eigenvalue weighted by atomic mass is 9.92. The second-order valence-electron chi connectivity index (χ2n) is 15.9. The van der Waals surface area contributed by atoms with Gasteiger partial charge >= 0.3 is 11.9 Å². The molecule has 0 bridgehead atoms. The van der Waals surface area contributed by atoms with Crippen LogP contribution in [0.1, 0.15) is 110 Å². The highest BCUT2D eigenvalue weighted by molar-refractivity contribution is 5.87. The first-order valence-corrected chi connectivity index (χ1v) is 19.7. The van der Waals surface area contributed by atoms with E-state index in [0.29, 0.717) is 42.7 Å². The van der Waals surface area contributed by atoms with Crippen LogP contribution in [0.5, 0.6) is 0 Å². The van der Waals surface area contributed by atoms with Crippen molar-refractivity contribution in [2.24, 2.45) is 23.7 Å². The maximum atomic E-state index is 15.9. The Morgan fingerprint density at radius 2 is 1.18 bits per heavy atom. The molecule has 4 aromatic rings. The van der Waals surface area contributed by atoms with Crippen LogP contribution >= 0.6 is 0 Å². The van der Waals surface area contributed by atoms with Crippen LogP contribution in [0.4, 0.5) is 4.39 Å². The zero-order valence-electron chi connectivity index (χ0n) is 31.6. The summed E-state index contributed by atoms with van der Waals surface area (Å²) in [5.74, 6) is -5.89. The zero-order chi connectivity index (χ0) is 39.5. The van der Waals surface area contributed by atoms with E-state index in [4.69, 9.17) is 4.74 Å². The fourth-order valence-electron chi connectivity index (χ4n) is 8.60. The largest absolute Gasteiger partial charge is 0.481 e. The minimum atomic E-state index is -0.989. The first-order chi connectivity index (χ1) is 27.0. The van der Waals surface area contributed by atoms with Crippen LogP contribution in [0, 0.1) is 29.5 Å². The Kier molecular flexibility index (Phi) is 11.7. The smallest absolute Gasteiger partial charge is 0.310 e. The molecule has 56 heavy (non-hydrogen) atoms. The van der Waals surface area contributed by atoms with E-state index in [1.54, 1.807) is 12.1 Å². The summed E-state index contributed by atoms with van der Waals surface area (Å²) in [6, 6.07) is 30.5. The van der Waals surface area contributed by atoms with Gasteiger partial charge in [-0.15, -0.1) is 0 Å².